The molecule has 1 aliphatic rings. The van der Waals surface area contributed by atoms with Gasteiger partial charge >= 0.3 is 0 Å². The Kier molecular flexibility index (Phi) is 9.36. The highest BCUT2D eigenvalue weighted by atomic mass is 35.5. The average Bonchev–Trinajstić information content (AvgIpc) is 3.66. The van der Waals surface area contributed by atoms with Crippen molar-refractivity contribution >= 4 is 23.2 Å². The summed E-state index contributed by atoms with van der Waals surface area (Å²) < 4.78 is 22.4. The fourth-order valence-electron chi connectivity index (χ4n) is 4.17. The molecule has 0 saturated carbocycles. The molecule has 206 valence electrons. The highest BCUT2D eigenvalue weighted by Crippen LogP contribution is 2.40. The Morgan fingerprint density at radius 3 is 2.64 bits per heavy atom. The molecule has 0 bridgehead atoms. The Balaban J connectivity index is 0.000000826. The Morgan fingerprint density at radius 2 is 1.97 bits per heavy atom. The summed E-state index contributed by atoms with van der Waals surface area (Å²) in [6.45, 7) is 4.02. The van der Waals surface area contributed by atoms with Crippen molar-refractivity contribution in [2.45, 2.75) is 38.3 Å². The molecule has 12 nitrogen and oxygen atoms in total. The van der Waals surface area contributed by atoms with Gasteiger partial charge in [-0.1, -0.05) is 36.2 Å². The molecule has 1 saturated heterocycles. The second-order valence-corrected chi connectivity index (χ2v) is 9.41. The van der Waals surface area contributed by atoms with E-state index in [0.29, 0.717) is 28.8 Å². The predicted molar refractivity (Wildman–Crippen MR) is 141 cm³/mol. The molecule has 1 aliphatic heterocycles. The fourth-order valence-corrected chi connectivity index (χ4v) is 4.73. The Hall–Kier alpha value is -3.71. The monoisotopic (exact) mass is 576 g/mol. The summed E-state index contributed by atoms with van der Waals surface area (Å²) in [7, 11) is 0. The van der Waals surface area contributed by atoms with Crippen LogP contribution in [0.15, 0.2) is 67.6 Å². The minimum Gasteiger partial charge on any atom is -0.491 e. The summed E-state index contributed by atoms with van der Waals surface area (Å²) >= 11 is 12.6. The smallest absolute Gasteiger partial charge is 0.291 e. The largest absolute Gasteiger partial charge is 0.491 e. The molecule has 3 heterocycles. The molecular weight excluding hydrogens is 551 g/mol. The average molecular weight is 577 g/mol. The molecule has 2 aromatic carbocycles. The van der Waals surface area contributed by atoms with E-state index < -0.39 is 10.9 Å². The maximum Gasteiger partial charge on any atom is 0.291 e. The maximum absolute atomic E-state index is 8.36. The molecule has 2 atom stereocenters. The highest BCUT2D eigenvalue weighted by molar-refractivity contribution is 6.35. The predicted octanol–water partition coefficient (Wildman–Crippen LogP) is 4.86. The van der Waals surface area contributed by atoms with Crippen molar-refractivity contribution in [3.05, 3.63) is 93.4 Å². The number of aromatic nitrogens is 5. The number of nitrogens with zero attached hydrogens (tertiary/aromatic N) is 6. The van der Waals surface area contributed by atoms with Crippen LogP contribution in [0.4, 0.5) is 0 Å². The molecule has 0 spiro atoms. The molecule has 4 aromatic rings. The van der Waals surface area contributed by atoms with E-state index in [0.717, 1.165) is 30.0 Å². The number of benzene rings is 2. The third kappa shape index (κ3) is 7.24. The van der Waals surface area contributed by atoms with Crippen molar-refractivity contribution in [3.8, 4) is 17.0 Å². The van der Waals surface area contributed by atoms with Crippen LogP contribution in [0.5, 0.6) is 5.75 Å². The third-order valence-electron chi connectivity index (χ3n) is 5.80. The van der Waals surface area contributed by atoms with Gasteiger partial charge in [0.15, 0.2) is 0 Å². The fraction of sp³-hybridized carbons (Fsp3) is 0.320. The van der Waals surface area contributed by atoms with Gasteiger partial charge in [0.1, 0.15) is 37.7 Å². The zero-order valence-corrected chi connectivity index (χ0v) is 22.4. The van der Waals surface area contributed by atoms with Crippen molar-refractivity contribution < 1.29 is 24.5 Å². The van der Waals surface area contributed by atoms with Gasteiger partial charge in [-0.15, -0.1) is 10.1 Å². The van der Waals surface area contributed by atoms with Gasteiger partial charge in [-0.05, 0) is 42.8 Å². The van der Waals surface area contributed by atoms with Crippen LogP contribution in [0.3, 0.4) is 0 Å². The van der Waals surface area contributed by atoms with Crippen LogP contribution in [0, 0.1) is 10.1 Å². The van der Waals surface area contributed by atoms with Gasteiger partial charge < -0.3 is 24.0 Å². The Labute approximate surface area is 233 Å². The molecule has 39 heavy (non-hydrogen) atoms. The summed E-state index contributed by atoms with van der Waals surface area (Å²) in [6, 6.07) is 13.2. The SMILES string of the molecule is CCCn1cncc1-c1ccc(OC[C@@H]2CO[C@@](Cn3cncn3)(c3ccc(Cl)cc3Cl)O2)cc1.O=[N+]([O-])O. The molecule has 14 heteroatoms. The van der Waals surface area contributed by atoms with E-state index in [-0.39, 0.29) is 12.6 Å². The van der Waals surface area contributed by atoms with Gasteiger partial charge in [-0.3, -0.25) is 0 Å². The standard InChI is InChI=1S/C25H25Cl2N5O3.HNO3/c1-2-9-31-16-28-11-24(31)18-3-6-20(7-4-18)33-12-21-13-34-25(35-21,14-32-17-29-15-30-32)22-8-5-19(26)10-23(22)27;2-1(3)4/h3-8,10-11,15-17,21H,2,9,12-14H2,1H3;(H,2,3,4)/t21-,25-;/m1./s1. The summed E-state index contributed by atoms with van der Waals surface area (Å²) in [6.07, 6.45) is 7.55. The molecule has 1 N–H and O–H groups in total. The number of hydrogen-bond acceptors (Lipinski definition) is 8. The number of aryl methyl sites for hydroxylation is 1. The molecule has 0 unspecified atom stereocenters. The van der Waals surface area contributed by atoms with Crippen LogP contribution >= 0.6 is 23.2 Å². The maximum atomic E-state index is 8.36. The molecule has 2 aromatic heterocycles. The van der Waals surface area contributed by atoms with Crippen LogP contribution in [-0.2, 0) is 28.4 Å². The first-order valence-electron chi connectivity index (χ1n) is 12.0. The first-order valence-corrected chi connectivity index (χ1v) is 12.7. The lowest BCUT2D eigenvalue weighted by Crippen LogP contribution is -2.35. The van der Waals surface area contributed by atoms with Gasteiger partial charge in [0.2, 0.25) is 5.79 Å². The lowest BCUT2D eigenvalue weighted by atomic mass is 10.1. The minimum atomic E-state index is -1.50. The van der Waals surface area contributed by atoms with Crippen LogP contribution < -0.4 is 4.74 Å². The topological polar surface area (TPSA) is 140 Å². The number of imidazole rings is 1. The lowest BCUT2D eigenvalue weighted by molar-refractivity contribution is -0.742. The molecular formula is C25H26Cl2N6O6. The first kappa shape index (κ1) is 28.3. The highest BCUT2D eigenvalue weighted by Gasteiger charge is 2.45. The molecule has 0 aliphatic carbocycles. The molecule has 0 amide bonds. The van der Waals surface area contributed by atoms with Crippen molar-refractivity contribution in [3.63, 3.8) is 0 Å². The number of halogens is 2. The normalized spacial score (nSPS) is 18.4. The summed E-state index contributed by atoms with van der Waals surface area (Å²) in [4.78, 5) is 16.7. The van der Waals surface area contributed by atoms with E-state index in [1.54, 1.807) is 23.1 Å². The zero-order chi connectivity index (χ0) is 27.8. The van der Waals surface area contributed by atoms with Crippen LogP contribution in [0.25, 0.3) is 11.3 Å². The number of rotatable bonds is 9. The van der Waals surface area contributed by atoms with Gasteiger partial charge in [0.05, 0.1) is 29.8 Å². The van der Waals surface area contributed by atoms with Crippen molar-refractivity contribution in [1.29, 1.82) is 0 Å². The molecule has 0 radical (unpaired) electrons. The van der Waals surface area contributed by atoms with Gasteiger partial charge in [-0.25, -0.2) is 14.6 Å². The minimum absolute atomic E-state index is 0.283. The summed E-state index contributed by atoms with van der Waals surface area (Å²) in [5, 5.41) is 18.8. The number of ether oxygens (including phenoxy) is 3. The first-order chi connectivity index (χ1) is 18.8. The van der Waals surface area contributed by atoms with Gasteiger partial charge in [0.25, 0.3) is 5.09 Å². The Morgan fingerprint density at radius 1 is 1.21 bits per heavy atom. The van der Waals surface area contributed by atoms with E-state index in [4.69, 9.17) is 52.7 Å². The molecule has 5 rings (SSSR count). The number of hydrogen-bond donors (Lipinski definition) is 1. The second-order valence-electron chi connectivity index (χ2n) is 8.57. The van der Waals surface area contributed by atoms with Gasteiger partial charge in [-0.2, -0.15) is 5.10 Å². The van der Waals surface area contributed by atoms with E-state index in [9.17, 15) is 0 Å². The van der Waals surface area contributed by atoms with Crippen molar-refractivity contribution in [2.75, 3.05) is 13.2 Å². The van der Waals surface area contributed by atoms with Crippen molar-refractivity contribution in [2.24, 2.45) is 0 Å². The second kappa shape index (κ2) is 12.9. The van der Waals surface area contributed by atoms with Crippen LogP contribution in [0.1, 0.15) is 18.9 Å². The summed E-state index contributed by atoms with van der Waals surface area (Å²) in [5.74, 6) is -0.387. The van der Waals surface area contributed by atoms with E-state index >= 15 is 0 Å². The van der Waals surface area contributed by atoms with E-state index in [1.165, 1.54) is 6.33 Å². The van der Waals surface area contributed by atoms with Gasteiger partial charge in [0, 0.05) is 22.7 Å². The zero-order valence-electron chi connectivity index (χ0n) is 20.9. The lowest BCUT2D eigenvalue weighted by Gasteiger charge is -2.29. The Bertz CT molecular complexity index is 1360. The summed E-state index contributed by atoms with van der Waals surface area (Å²) in [5.41, 5.74) is 2.85. The van der Waals surface area contributed by atoms with E-state index in [1.807, 2.05) is 42.9 Å². The van der Waals surface area contributed by atoms with Crippen LogP contribution in [0.2, 0.25) is 10.0 Å². The van der Waals surface area contributed by atoms with Crippen LogP contribution in [-0.4, -0.2) is 53.9 Å². The quantitative estimate of drug-likeness (QED) is 0.218. The van der Waals surface area contributed by atoms with E-state index in [2.05, 4.69) is 26.6 Å². The molecule has 1 fully saturated rings. The third-order valence-corrected chi connectivity index (χ3v) is 6.35. The van der Waals surface area contributed by atoms with Crippen molar-refractivity contribution in [1.82, 2.24) is 24.3 Å².